The highest BCUT2D eigenvalue weighted by molar-refractivity contribution is 9.11. The maximum absolute atomic E-state index is 10.8. The number of carbonyl (C=O) groups excluding carboxylic acids is 1. The van der Waals surface area contributed by atoms with E-state index in [9.17, 15) is 4.79 Å². The molecule has 3 nitrogen and oxygen atoms in total. The minimum Gasteiger partial charge on any atom is -0.337 e. The Bertz CT molecular complexity index is 152. The van der Waals surface area contributed by atoms with Gasteiger partial charge in [0.1, 0.15) is 0 Å². The lowest BCUT2D eigenvalue weighted by Gasteiger charge is -2.03. The summed E-state index contributed by atoms with van der Waals surface area (Å²) in [4.78, 5) is 10.8. The van der Waals surface area contributed by atoms with Crippen LogP contribution in [0.4, 0.5) is 4.79 Å². The third kappa shape index (κ3) is 7.68. The molecule has 0 aliphatic heterocycles. The monoisotopic (exact) mass is 240 g/mol. The molecule has 0 aliphatic rings. The van der Waals surface area contributed by atoms with Crippen molar-refractivity contribution < 1.29 is 4.79 Å². The van der Waals surface area contributed by atoms with Crippen LogP contribution in [0.25, 0.3) is 0 Å². The van der Waals surface area contributed by atoms with Crippen LogP contribution in [0.15, 0.2) is 11.1 Å². The Kier molecular flexibility index (Phi) is 6.36. The van der Waals surface area contributed by atoms with E-state index in [2.05, 4.69) is 33.1 Å². The van der Waals surface area contributed by atoms with Crippen LogP contribution >= 0.6 is 27.5 Å². The Labute approximate surface area is 79.3 Å². The smallest absolute Gasteiger partial charge is 0.315 e. The van der Waals surface area contributed by atoms with E-state index in [1.165, 1.54) is 0 Å². The van der Waals surface area contributed by atoms with Crippen molar-refractivity contribution in [3.8, 4) is 0 Å². The first-order valence-corrected chi connectivity index (χ1v) is 4.40. The van der Waals surface area contributed by atoms with Crippen LogP contribution in [0.3, 0.4) is 0 Å². The fraction of sp³-hybridized carbons (Fsp3) is 0.500. The Balaban J connectivity index is 3.30. The predicted octanol–water partition coefficient (Wildman–Crippen LogP) is 1.43. The molecule has 0 fully saturated rings. The van der Waals surface area contributed by atoms with Gasteiger partial charge in [-0.2, -0.15) is 0 Å². The predicted molar refractivity (Wildman–Crippen MR) is 50.2 cm³/mol. The van der Waals surface area contributed by atoms with Crippen molar-refractivity contribution in [2.75, 3.05) is 19.0 Å². The number of hydrogen-bond donors (Lipinski definition) is 2. The van der Waals surface area contributed by atoms with Crippen LogP contribution < -0.4 is 10.6 Å². The lowest BCUT2D eigenvalue weighted by atomic mass is 10.6. The SMILES string of the molecule is C=C(Br)CNC(=O)NCCCl. The van der Waals surface area contributed by atoms with E-state index < -0.39 is 0 Å². The number of rotatable bonds is 4. The third-order valence-electron chi connectivity index (χ3n) is 0.821. The standard InChI is InChI=1S/C6H10BrClN2O/c1-5(7)4-10-6(11)9-3-2-8/h1-4H2,(H2,9,10,11). The molecule has 0 radical (unpaired) electrons. The maximum atomic E-state index is 10.8. The van der Waals surface area contributed by atoms with Crippen LogP contribution in [0.1, 0.15) is 0 Å². The highest BCUT2D eigenvalue weighted by atomic mass is 79.9. The van der Waals surface area contributed by atoms with Crippen molar-refractivity contribution in [2.45, 2.75) is 0 Å². The zero-order chi connectivity index (χ0) is 8.69. The minimum atomic E-state index is -0.230. The summed E-state index contributed by atoms with van der Waals surface area (Å²) in [5, 5.41) is 5.11. The maximum Gasteiger partial charge on any atom is 0.315 e. The number of alkyl halides is 1. The first kappa shape index (κ1) is 10.8. The fourth-order valence-corrected chi connectivity index (χ4v) is 0.634. The van der Waals surface area contributed by atoms with Crippen molar-refractivity contribution in [3.63, 3.8) is 0 Å². The van der Waals surface area contributed by atoms with Gasteiger partial charge >= 0.3 is 6.03 Å². The summed E-state index contributed by atoms with van der Waals surface area (Å²) in [7, 11) is 0. The van der Waals surface area contributed by atoms with Gasteiger partial charge in [-0.1, -0.05) is 22.5 Å². The van der Waals surface area contributed by atoms with Crippen LogP contribution in [-0.4, -0.2) is 25.0 Å². The summed E-state index contributed by atoms with van der Waals surface area (Å²) >= 11 is 8.45. The molecule has 0 bridgehead atoms. The molecule has 0 aromatic rings. The summed E-state index contributed by atoms with van der Waals surface area (Å²) in [6, 6.07) is -0.230. The number of carbonyl (C=O) groups is 1. The van der Waals surface area contributed by atoms with Crippen LogP contribution in [0.5, 0.6) is 0 Å². The summed E-state index contributed by atoms with van der Waals surface area (Å²) < 4.78 is 0.735. The molecule has 11 heavy (non-hydrogen) atoms. The lowest BCUT2D eigenvalue weighted by molar-refractivity contribution is 0.242. The zero-order valence-electron chi connectivity index (χ0n) is 5.99. The van der Waals surface area contributed by atoms with Crippen molar-refractivity contribution >= 4 is 33.6 Å². The normalized spacial score (nSPS) is 8.91. The van der Waals surface area contributed by atoms with Crippen LogP contribution in [-0.2, 0) is 0 Å². The highest BCUT2D eigenvalue weighted by Crippen LogP contribution is 1.95. The van der Waals surface area contributed by atoms with Crippen molar-refractivity contribution in [1.82, 2.24) is 10.6 Å². The molecule has 64 valence electrons. The van der Waals surface area contributed by atoms with Gasteiger partial charge in [0.2, 0.25) is 0 Å². The molecule has 2 N–H and O–H groups in total. The molecule has 0 aromatic carbocycles. The van der Waals surface area contributed by atoms with Gasteiger partial charge in [0.25, 0.3) is 0 Å². The van der Waals surface area contributed by atoms with Crippen molar-refractivity contribution in [1.29, 1.82) is 0 Å². The van der Waals surface area contributed by atoms with E-state index in [1.54, 1.807) is 0 Å². The zero-order valence-corrected chi connectivity index (χ0v) is 8.33. The van der Waals surface area contributed by atoms with Gasteiger partial charge in [-0.15, -0.1) is 11.6 Å². The van der Waals surface area contributed by atoms with E-state index in [-0.39, 0.29) is 6.03 Å². The molecule has 0 saturated carbocycles. The molecule has 0 saturated heterocycles. The Hall–Kier alpha value is -0.220. The van der Waals surface area contributed by atoms with Gasteiger partial charge in [-0.3, -0.25) is 0 Å². The summed E-state index contributed by atoms with van der Waals surface area (Å²) in [6.07, 6.45) is 0. The fourth-order valence-electron chi connectivity index (χ4n) is 0.399. The molecule has 0 heterocycles. The Morgan fingerprint density at radius 3 is 2.64 bits per heavy atom. The summed E-state index contributed by atoms with van der Waals surface area (Å²) in [5.74, 6) is 0.419. The number of halogens is 2. The molecule has 0 rings (SSSR count). The molecule has 0 spiro atoms. The second-order valence-corrected chi connectivity index (χ2v) is 3.32. The molecule has 0 atom stereocenters. The highest BCUT2D eigenvalue weighted by Gasteiger charge is 1.96. The number of amides is 2. The van der Waals surface area contributed by atoms with Crippen molar-refractivity contribution in [3.05, 3.63) is 11.1 Å². The number of urea groups is 1. The Morgan fingerprint density at radius 1 is 1.55 bits per heavy atom. The molecular formula is C6H10BrClN2O. The third-order valence-corrected chi connectivity index (χ3v) is 1.29. The van der Waals surface area contributed by atoms with Gasteiger partial charge < -0.3 is 10.6 Å². The molecule has 0 aromatic heterocycles. The number of nitrogens with one attached hydrogen (secondary N) is 2. The van der Waals surface area contributed by atoms with Crippen LogP contribution in [0.2, 0.25) is 0 Å². The number of hydrogen-bond acceptors (Lipinski definition) is 1. The second kappa shape index (κ2) is 6.49. The van der Waals surface area contributed by atoms with E-state index in [0.717, 1.165) is 4.48 Å². The first-order valence-electron chi connectivity index (χ1n) is 3.07. The lowest BCUT2D eigenvalue weighted by Crippen LogP contribution is -2.36. The van der Waals surface area contributed by atoms with Crippen molar-refractivity contribution in [2.24, 2.45) is 0 Å². The Morgan fingerprint density at radius 2 is 2.18 bits per heavy atom. The molecule has 0 unspecified atom stereocenters. The van der Waals surface area contributed by atoms with Gasteiger partial charge in [0.15, 0.2) is 0 Å². The quantitative estimate of drug-likeness (QED) is 0.719. The van der Waals surface area contributed by atoms with E-state index in [4.69, 9.17) is 11.6 Å². The largest absolute Gasteiger partial charge is 0.337 e. The van der Waals surface area contributed by atoms with Gasteiger partial charge in [0.05, 0.1) is 6.54 Å². The average Bonchev–Trinajstić information content (AvgIpc) is 1.97. The van der Waals surface area contributed by atoms with Gasteiger partial charge in [-0.05, 0) is 0 Å². The van der Waals surface area contributed by atoms with E-state index in [1.807, 2.05) is 0 Å². The molecular weight excluding hydrogens is 231 g/mol. The van der Waals surface area contributed by atoms with Crippen LogP contribution in [0, 0.1) is 0 Å². The summed E-state index contributed by atoms with van der Waals surface area (Å²) in [6.45, 7) is 4.45. The molecule has 0 aliphatic carbocycles. The van der Waals surface area contributed by atoms with E-state index >= 15 is 0 Å². The average molecular weight is 242 g/mol. The topological polar surface area (TPSA) is 41.1 Å². The van der Waals surface area contributed by atoms with Gasteiger partial charge in [-0.25, -0.2) is 4.79 Å². The molecule has 2 amide bonds. The first-order chi connectivity index (χ1) is 5.16. The minimum absolute atomic E-state index is 0.230. The second-order valence-electron chi connectivity index (χ2n) is 1.82. The van der Waals surface area contributed by atoms with E-state index in [0.29, 0.717) is 19.0 Å². The van der Waals surface area contributed by atoms with Gasteiger partial charge in [0, 0.05) is 16.9 Å². The summed E-state index contributed by atoms with van der Waals surface area (Å²) in [5.41, 5.74) is 0. The molecule has 5 heteroatoms.